The number of allylic oxidation sites excluding steroid dienone is 7. The van der Waals surface area contributed by atoms with Crippen LogP contribution < -0.4 is 0 Å². The minimum absolute atomic E-state index is 0.402. The topological polar surface area (TPSA) is 0 Å². The highest BCUT2D eigenvalue weighted by Crippen LogP contribution is 2.34. The monoisotopic (exact) mass is 510 g/mol. The van der Waals surface area contributed by atoms with Crippen molar-refractivity contribution in [2.24, 2.45) is 0 Å². The average molecular weight is 511 g/mol. The second-order valence-electron chi connectivity index (χ2n) is 9.84. The predicted octanol–water partition coefficient (Wildman–Crippen LogP) is 10.3. The molecule has 38 heavy (non-hydrogen) atoms. The van der Waals surface area contributed by atoms with Crippen LogP contribution >= 0.6 is 11.8 Å². The smallest absolute Gasteiger partial charge is 0.00563 e. The van der Waals surface area contributed by atoms with Crippen molar-refractivity contribution in [3.8, 4) is 11.1 Å². The number of rotatable bonds is 8. The van der Waals surface area contributed by atoms with Gasteiger partial charge in [0, 0.05) is 12.3 Å². The quantitative estimate of drug-likeness (QED) is 0.212. The Labute approximate surface area is 232 Å². The Morgan fingerprint density at radius 2 is 1.58 bits per heavy atom. The van der Waals surface area contributed by atoms with Crippen LogP contribution in [0.4, 0.5) is 0 Å². The van der Waals surface area contributed by atoms with Crippen LogP contribution in [0.5, 0.6) is 0 Å². The molecule has 0 saturated carbocycles. The molecule has 0 spiro atoms. The Hall–Kier alpha value is -3.81. The number of hydrogen-bond acceptors (Lipinski definition) is 1. The van der Waals surface area contributed by atoms with Crippen LogP contribution in [0.2, 0.25) is 0 Å². The SMILES string of the molecule is C=C/C(=C(\Cc1cccc(C2=CCC(c3cccc(-c4cccc(C)c4)c3)C=C2)c1)SC)c1ccccc1. The van der Waals surface area contributed by atoms with Crippen LogP contribution in [0.1, 0.15) is 40.2 Å². The van der Waals surface area contributed by atoms with Gasteiger partial charge in [-0.05, 0) is 69.0 Å². The molecule has 0 saturated heterocycles. The summed E-state index contributed by atoms with van der Waals surface area (Å²) in [6.45, 7) is 6.26. The molecule has 0 nitrogen and oxygen atoms in total. The van der Waals surface area contributed by atoms with Crippen molar-refractivity contribution in [1.82, 2.24) is 0 Å². The van der Waals surface area contributed by atoms with Gasteiger partial charge in [-0.3, -0.25) is 0 Å². The molecule has 188 valence electrons. The van der Waals surface area contributed by atoms with Gasteiger partial charge in [-0.15, -0.1) is 11.8 Å². The lowest BCUT2D eigenvalue weighted by Crippen LogP contribution is -1.99. The first-order valence-corrected chi connectivity index (χ1v) is 14.5. The van der Waals surface area contributed by atoms with E-state index in [2.05, 4.69) is 141 Å². The molecule has 0 aliphatic heterocycles. The molecule has 0 aromatic heterocycles. The van der Waals surface area contributed by atoms with Gasteiger partial charge >= 0.3 is 0 Å². The van der Waals surface area contributed by atoms with Crippen molar-refractivity contribution in [2.45, 2.75) is 25.7 Å². The van der Waals surface area contributed by atoms with E-state index in [0.717, 1.165) is 12.8 Å². The highest BCUT2D eigenvalue weighted by Gasteiger charge is 2.14. The zero-order chi connectivity index (χ0) is 26.3. The minimum atomic E-state index is 0.402. The number of thioether (sulfide) groups is 1. The standard InChI is InChI=1S/C37H34S/c1-4-36(31-13-6-5-7-14-31)37(38-3)25-28-12-9-16-33(24-28)29-19-21-30(22-20-29)34-17-10-18-35(26-34)32-15-8-11-27(2)23-32/h4-21,23-24,26,30H,1,22,25H2,2-3H3/b37-36-. The van der Waals surface area contributed by atoms with Gasteiger partial charge in [0.05, 0.1) is 0 Å². The van der Waals surface area contributed by atoms with Crippen molar-refractivity contribution in [3.05, 3.63) is 167 Å². The van der Waals surface area contributed by atoms with Crippen molar-refractivity contribution in [2.75, 3.05) is 6.26 Å². The Kier molecular flexibility index (Phi) is 8.26. The molecule has 5 rings (SSSR count). The van der Waals surface area contributed by atoms with Gasteiger partial charge in [0.1, 0.15) is 0 Å². The maximum atomic E-state index is 4.11. The van der Waals surface area contributed by atoms with Crippen LogP contribution in [0.15, 0.2) is 139 Å². The van der Waals surface area contributed by atoms with E-state index in [9.17, 15) is 0 Å². The molecule has 0 N–H and O–H groups in total. The fraction of sp³-hybridized carbons (Fsp3) is 0.135. The van der Waals surface area contributed by atoms with Gasteiger partial charge < -0.3 is 0 Å². The molecule has 0 radical (unpaired) electrons. The largest absolute Gasteiger partial charge is 0.133 e. The molecular weight excluding hydrogens is 476 g/mol. The molecule has 1 unspecified atom stereocenters. The zero-order valence-electron chi connectivity index (χ0n) is 22.2. The minimum Gasteiger partial charge on any atom is -0.133 e. The second kappa shape index (κ2) is 12.2. The summed E-state index contributed by atoms with van der Waals surface area (Å²) in [5, 5.41) is 0. The summed E-state index contributed by atoms with van der Waals surface area (Å²) in [4.78, 5) is 1.34. The summed E-state index contributed by atoms with van der Waals surface area (Å²) in [5.74, 6) is 0.402. The first-order valence-electron chi connectivity index (χ1n) is 13.2. The highest BCUT2D eigenvalue weighted by molar-refractivity contribution is 8.02. The van der Waals surface area contributed by atoms with Gasteiger partial charge in [-0.25, -0.2) is 0 Å². The summed E-state index contributed by atoms with van der Waals surface area (Å²) in [6.07, 6.45) is 13.1. The second-order valence-corrected chi connectivity index (χ2v) is 10.7. The summed E-state index contributed by atoms with van der Waals surface area (Å²) >= 11 is 1.81. The third kappa shape index (κ3) is 6.01. The van der Waals surface area contributed by atoms with Crippen LogP contribution in [0, 0.1) is 6.92 Å². The lowest BCUT2D eigenvalue weighted by molar-refractivity contribution is 0.857. The molecule has 0 fully saturated rings. The normalized spacial score (nSPS) is 15.5. The van der Waals surface area contributed by atoms with E-state index < -0.39 is 0 Å². The molecule has 4 aromatic carbocycles. The zero-order valence-corrected chi connectivity index (χ0v) is 23.0. The van der Waals surface area contributed by atoms with Gasteiger partial charge in [0.15, 0.2) is 0 Å². The third-order valence-electron chi connectivity index (χ3n) is 7.23. The lowest BCUT2D eigenvalue weighted by atomic mass is 9.86. The maximum Gasteiger partial charge on any atom is 0.00563 e. The number of benzene rings is 4. The van der Waals surface area contributed by atoms with Crippen LogP contribution in [0.25, 0.3) is 22.3 Å². The molecule has 1 aliphatic carbocycles. The Morgan fingerprint density at radius 1 is 0.842 bits per heavy atom. The molecule has 1 atom stereocenters. The van der Waals surface area contributed by atoms with E-state index in [-0.39, 0.29) is 0 Å². The van der Waals surface area contributed by atoms with E-state index >= 15 is 0 Å². The molecule has 1 aliphatic rings. The van der Waals surface area contributed by atoms with Gasteiger partial charge in [-0.2, -0.15) is 0 Å². The van der Waals surface area contributed by atoms with E-state index in [4.69, 9.17) is 0 Å². The fourth-order valence-electron chi connectivity index (χ4n) is 5.19. The van der Waals surface area contributed by atoms with E-state index in [1.54, 1.807) is 0 Å². The summed E-state index contributed by atoms with van der Waals surface area (Å²) in [6, 6.07) is 37.3. The van der Waals surface area contributed by atoms with Crippen molar-refractivity contribution in [1.29, 1.82) is 0 Å². The molecule has 1 heteroatoms. The Balaban J connectivity index is 1.33. The van der Waals surface area contributed by atoms with Crippen LogP contribution in [0.3, 0.4) is 0 Å². The molecular formula is C37H34S. The van der Waals surface area contributed by atoms with Crippen LogP contribution in [-0.4, -0.2) is 6.26 Å². The summed E-state index contributed by atoms with van der Waals surface area (Å²) in [5.41, 5.74) is 11.6. The van der Waals surface area contributed by atoms with E-state index in [0.29, 0.717) is 5.92 Å². The maximum absolute atomic E-state index is 4.11. The van der Waals surface area contributed by atoms with E-state index in [1.807, 2.05) is 17.8 Å². The van der Waals surface area contributed by atoms with Crippen molar-refractivity contribution < 1.29 is 0 Å². The Morgan fingerprint density at radius 3 is 2.29 bits per heavy atom. The van der Waals surface area contributed by atoms with Gasteiger partial charge in [0.25, 0.3) is 0 Å². The molecule has 0 amide bonds. The van der Waals surface area contributed by atoms with Gasteiger partial charge in [0.2, 0.25) is 0 Å². The lowest BCUT2D eigenvalue weighted by Gasteiger charge is -2.18. The molecule has 4 aromatic rings. The van der Waals surface area contributed by atoms with E-state index in [1.165, 1.54) is 55.0 Å². The number of aryl methyl sites for hydroxylation is 1. The first kappa shape index (κ1) is 25.8. The Bertz CT molecular complexity index is 1520. The highest BCUT2D eigenvalue weighted by atomic mass is 32.2. The van der Waals surface area contributed by atoms with Crippen molar-refractivity contribution in [3.63, 3.8) is 0 Å². The third-order valence-corrected chi connectivity index (χ3v) is 8.08. The van der Waals surface area contributed by atoms with Crippen LogP contribution in [-0.2, 0) is 6.42 Å². The summed E-state index contributed by atoms with van der Waals surface area (Å²) in [7, 11) is 0. The van der Waals surface area contributed by atoms with Crippen molar-refractivity contribution >= 4 is 22.9 Å². The first-order chi connectivity index (χ1) is 18.6. The predicted molar refractivity (Wildman–Crippen MR) is 168 cm³/mol. The van der Waals surface area contributed by atoms with Gasteiger partial charge in [-0.1, -0.05) is 140 Å². The average Bonchev–Trinajstić information content (AvgIpc) is 2.98. The fourth-order valence-corrected chi connectivity index (χ4v) is 5.92. The molecule has 0 bridgehead atoms. The number of hydrogen-bond donors (Lipinski definition) is 0. The molecule has 0 heterocycles. The summed E-state index contributed by atoms with van der Waals surface area (Å²) < 4.78 is 0.